The Hall–Kier alpha value is -1.61. The molecule has 3 heterocycles. The van der Waals surface area contributed by atoms with Gasteiger partial charge in [0.05, 0.1) is 17.2 Å². The fraction of sp³-hybridized carbons (Fsp3) is 0.750. The van der Waals surface area contributed by atoms with Crippen LogP contribution < -0.4 is 5.32 Å². The molecule has 0 saturated carbocycles. The number of carbonyl (C=O) groups is 1. The molecular weight excluding hydrogens is 344 g/mol. The van der Waals surface area contributed by atoms with Crippen molar-refractivity contribution in [1.82, 2.24) is 20.0 Å². The normalized spacial score (nSPS) is 28.9. The molecule has 2 saturated heterocycles. The number of aryl methyl sites for hydroxylation is 1. The first-order chi connectivity index (χ1) is 11.9. The summed E-state index contributed by atoms with van der Waals surface area (Å²) in [6, 6.07) is -0.259. The molecular formula is C16H26N4O4S. The number of sulfone groups is 1. The Morgan fingerprint density at radius 3 is 2.84 bits per heavy atom. The second kappa shape index (κ2) is 7.33. The van der Waals surface area contributed by atoms with Crippen LogP contribution in [0.15, 0.2) is 12.4 Å². The van der Waals surface area contributed by atoms with Crippen molar-refractivity contribution in [3.05, 3.63) is 18.0 Å². The van der Waals surface area contributed by atoms with Crippen molar-refractivity contribution < 1.29 is 18.3 Å². The van der Waals surface area contributed by atoms with Crippen molar-refractivity contribution in [2.75, 3.05) is 32.0 Å². The van der Waals surface area contributed by atoms with Gasteiger partial charge in [0.1, 0.15) is 0 Å². The minimum Gasteiger partial charge on any atom is -0.396 e. The van der Waals surface area contributed by atoms with Gasteiger partial charge < -0.3 is 15.3 Å². The quantitative estimate of drug-likeness (QED) is 0.782. The summed E-state index contributed by atoms with van der Waals surface area (Å²) in [5.41, 5.74) is 1.01. The van der Waals surface area contributed by atoms with E-state index in [4.69, 9.17) is 0 Å². The zero-order chi connectivity index (χ0) is 18.0. The average molecular weight is 370 g/mol. The van der Waals surface area contributed by atoms with Crippen molar-refractivity contribution in [1.29, 1.82) is 0 Å². The van der Waals surface area contributed by atoms with Crippen molar-refractivity contribution in [2.45, 2.75) is 30.4 Å². The predicted octanol–water partition coefficient (Wildman–Crippen LogP) is 0.105. The van der Waals surface area contributed by atoms with E-state index in [1.165, 1.54) is 0 Å². The van der Waals surface area contributed by atoms with Crippen molar-refractivity contribution in [3.8, 4) is 0 Å². The molecule has 2 aliphatic rings. The molecule has 0 bridgehead atoms. The van der Waals surface area contributed by atoms with Gasteiger partial charge in [-0.25, -0.2) is 13.2 Å². The van der Waals surface area contributed by atoms with Gasteiger partial charge in [0, 0.05) is 51.3 Å². The highest BCUT2D eigenvalue weighted by atomic mass is 32.2. The lowest BCUT2D eigenvalue weighted by molar-refractivity contribution is 0.197. The van der Waals surface area contributed by atoms with Crippen molar-refractivity contribution in [2.24, 2.45) is 13.0 Å². The molecule has 3 rings (SSSR count). The molecule has 140 valence electrons. The van der Waals surface area contributed by atoms with Gasteiger partial charge in [-0.3, -0.25) is 4.68 Å². The Bertz CT molecular complexity index is 717. The summed E-state index contributed by atoms with van der Waals surface area (Å²) in [6.45, 7) is 1.12. The Labute approximate surface area is 148 Å². The minimum atomic E-state index is -3.09. The van der Waals surface area contributed by atoms with E-state index in [1.54, 1.807) is 15.8 Å². The van der Waals surface area contributed by atoms with Crippen LogP contribution in [0.1, 0.15) is 30.7 Å². The van der Waals surface area contributed by atoms with E-state index in [1.807, 2.05) is 13.2 Å². The molecule has 3 atom stereocenters. The number of carbonyl (C=O) groups excluding carboxylic acids is 1. The van der Waals surface area contributed by atoms with E-state index in [2.05, 4.69) is 10.4 Å². The lowest BCUT2D eigenvalue weighted by atomic mass is 9.92. The third kappa shape index (κ3) is 3.98. The molecule has 1 aromatic rings. The molecule has 25 heavy (non-hydrogen) atoms. The van der Waals surface area contributed by atoms with Crippen LogP contribution in [0.5, 0.6) is 0 Å². The van der Waals surface area contributed by atoms with Crippen LogP contribution in [0.3, 0.4) is 0 Å². The lowest BCUT2D eigenvalue weighted by Crippen LogP contribution is -2.45. The SMILES string of the molecule is Cn1cc([C@@H]2CN(C(=O)NCC3CCCCS3(=O)=O)C[C@H]2CO)cn1. The molecule has 0 radical (unpaired) electrons. The second-order valence-electron chi connectivity index (χ2n) is 7.07. The number of hydrogen-bond donors (Lipinski definition) is 2. The zero-order valence-electron chi connectivity index (χ0n) is 14.5. The van der Waals surface area contributed by atoms with Gasteiger partial charge in [-0.1, -0.05) is 6.42 Å². The number of aromatic nitrogens is 2. The van der Waals surface area contributed by atoms with Crippen LogP contribution in [0.2, 0.25) is 0 Å². The zero-order valence-corrected chi connectivity index (χ0v) is 15.3. The van der Waals surface area contributed by atoms with E-state index in [0.717, 1.165) is 12.0 Å². The van der Waals surface area contributed by atoms with Gasteiger partial charge >= 0.3 is 6.03 Å². The van der Waals surface area contributed by atoms with Gasteiger partial charge in [0.25, 0.3) is 0 Å². The highest BCUT2D eigenvalue weighted by Crippen LogP contribution is 2.32. The molecule has 0 aromatic carbocycles. The summed E-state index contributed by atoms with van der Waals surface area (Å²) < 4.78 is 25.8. The smallest absolute Gasteiger partial charge is 0.317 e. The number of aliphatic hydroxyl groups excluding tert-OH is 1. The average Bonchev–Trinajstić information content (AvgIpc) is 3.19. The van der Waals surface area contributed by atoms with E-state index < -0.39 is 15.1 Å². The summed E-state index contributed by atoms with van der Waals surface area (Å²) in [5, 5.41) is 16.1. The van der Waals surface area contributed by atoms with Crippen molar-refractivity contribution in [3.63, 3.8) is 0 Å². The molecule has 2 N–H and O–H groups in total. The van der Waals surface area contributed by atoms with Gasteiger partial charge in [-0.05, 0) is 18.4 Å². The Morgan fingerprint density at radius 1 is 1.40 bits per heavy atom. The third-order valence-electron chi connectivity index (χ3n) is 5.31. The number of urea groups is 1. The van der Waals surface area contributed by atoms with E-state index in [9.17, 15) is 18.3 Å². The van der Waals surface area contributed by atoms with E-state index in [0.29, 0.717) is 25.9 Å². The molecule has 1 aromatic heterocycles. The lowest BCUT2D eigenvalue weighted by Gasteiger charge is -2.24. The molecule has 1 unspecified atom stereocenters. The standard InChI is InChI=1S/C16H26N4O4S/c1-19-8-12(6-18-19)15-10-20(9-13(15)11-21)16(22)17-7-14-4-2-3-5-25(14,23)24/h6,8,13-15,21H,2-5,7,9-11H2,1H3,(H,17,22)/t13-,14?,15-/m0/s1. The van der Waals surface area contributed by atoms with Crippen LogP contribution in [0, 0.1) is 5.92 Å². The fourth-order valence-corrected chi connectivity index (χ4v) is 5.60. The maximum absolute atomic E-state index is 12.5. The van der Waals surface area contributed by atoms with E-state index >= 15 is 0 Å². The van der Waals surface area contributed by atoms with Crippen LogP contribution >= 0.6 is 0 Å². The highest BCUT2D eigenvalue weighted by molar-refractivity contribution is 7.92. The first-order valence-electron chi connectivity index (χ1n) is 8.74. The number of aliphatic hydroxyl groups is 1. The molecule has 2 aliphatic heterocycles. The molecule has 0 aliphatic carbocycles. The third-order valence-corrected chi connectivity index (χ3v) is 7.59. The second-order valence-corrected chi connectivity index (χ2v) is 9.47. The van der Waals surface area contributed by atoms with Crippen LogP contribution in [0.4, 0.5) is 4.79 Å². The van der Waals surface area contributed by atoms with Gasteiger partial charge in [0.2, 0.25) is 0 Å². The number of likely N-dealkylation sites (tertiary alicyclic amines) is 1. The summed E-state index contributed by atoms with van der Waals surface area (Å²) >= 11 is 0. The Balaban J connectivity index is 1.59. The fourth-order valence-electron chi connectivity index (χ4n) is 3.79. The Kier molecular flexibility index (Phi) is 5.33. The first-order valence-corrected chi connectivity index (χ1v) is 10.5. The minimum absolute atomic E-state index is 0.000342. The molecule has 8 nitrogen and oxygen atoms in total. The highest BCUT2D eigenvalue weighted by Gasteiger charge is 2.37. The monoisotopic (exact) mass is 370 g/mol. The maximum atomic E-state index is 12.5. The van der Waals surface area contributed by atoms with Crippen LogP contribution in [0.25, 0.3) is 0 Å². The van der Waals surface area contributed by atoms with Gasteiger partial charge in [0.15, 0.2) is 9.84 Å². The van der Waals surface area contributed by atoms with Crippen LogP contribution in [-0.2, 0) is 16.9 Å². The number of nitrogens with zero attached hydrogens (tertiary/aromatic N) is 3. The summed E-state index contributed by atoms with van der Waals surface area (Å²) in [6.07, 6.45) is 5.88. The van der Waals surface area contributed by atoms with Gasteiger partial charge in [-0.2, -0.15) is 5.10 Å². The van der Waals surface area contributed by atoms with Crippen LogP contribution in [-0.4, -0.2) is 71.5 Å². The topological polar surface area (TPSA) is 105 Å². The number of hydrogen-bond acceptors (Lipinski definition) is 5. The van der Waals surface area contributed by atoms with Gasteiger partial charge in [-0.15, -0.1) is 0 Å². The number of rotatable bonds is 4. The molecule has 2 fully saturated rings. The number of nitrogens with one attached hydrogen (secondary N) is 1. The largest absolute Gasteiger partial charge is 0.396 e. The maximum Gasteiger partial charge on any atom is 0.317 e. The summed E-state index contributed by atoms with van der Waals surface area (Å²) in [7, 11) is -1.26. The molecule has 9 heteroatoms. The van der Waals surface area contributed by atoms with Crippen molar-refractivity contribution >= 4 is 15.9 Å². The molecule has 0 spiro atoms. The van der Waals surface area contributed by atoms with E-state index in [-0.39, 0.29) is 36.8 Å². The number of amides is 2. The predicted molar refractivity (Wildman–Crippen MR) is 92.9 cm³/mol. The summed E-state index contributed by atoms with van der Waals surface area (Å²) in [5.74, 6) is 0.226. The summed E-state index contributed by atoms with van der Waals surface area (Å²) in [4.78, 5) is 14.1. The first kappa shape index (κ1) is 18.2. The molecule has 2 amide bonds. The Morgan fingerprint density at radius 2 is 2.20 bits per heavy atom.